The second-order valence-corrected chi connectivity index (χ2v) is 7.50. The van der Waals surface area contributed by atoms with Gasteiger partial charge in [-0.05, 0) is 47.3 Å². The van der Waals surface area contributed by atoms with Crippen molar-refractivity contribution in [3.63, 3.8) is 0 Å². The Labute approximate surface area is 178 Å². The van der Waals surface area contributed by atoms with Gasteiger partial charge in [0, 0.05) is 17.6 Å². The van der Waals surface area contributed by atoms with Crippen LogP contribution < -0.4 is 19.9 Å². The van der Waals surface area contributed by atoms with Crippen LogP contribution in [0.3, 0.4) is 0 Å². The number of rotatable bonds is 5. The fourth-order valence-corrected chi connectivity index (χ4v) is 3.96. The predicted octanol–water partition coefficient (Wildman–Crippen LogP) is 2.92. The normalized spacial score (nSPS) is 14.6. The number of aromatic nitrogens is 3. The van der Waals surface area contributed by atoms with E-state index >= 15 is 0 Å². The molecule has 1 aromatic heterocycles. The van der Waals surface area contributed by atoms with Crippen LogP contribution in [0.1, 0.15) is 18.7 Å². The summed E-state index contributed by atoms with van der Waals surface area (Å²) in [7, 11) is 0. The highest BCUT2D eigenvalue weighted by Gasteiger charge is 2.44. The molecule has 1 N–H and O–H groups in total. The standard InChI is InChI=1S/C22H20N4O3S/c1-4-13-29-16-11-9-15(10-12-16)21-25(14(2)27)18-8-6-5-7-17(18)19-20(28)23-22(30-3)24-26(19)21/h4-12,21H,1,13H2,2-3H3/p+1/t21-/m0/s1. The van der Waals surface area contributed by atoms with Gasteiger partial charge >= 0.3 is 11.3 Å². The Kier molecular flexibility index (Phi) is 5.41. The van der Waals surface area contributed by atoms with Crippen LogP contribution in [0.25, 0.3) is 11.3 Å². The van der Waals surface area contributed by atoms with Crippen molar-refractivity contribution in [2.24, 2.45) is 0 Å². The SMILES string of the molecule is C=CCOc1ccc([C@H]2N(C(C)=O)c3ccccc3-c3c(=O)[nH]c(SC)n[n+]32)cc1. The monoisotopic (exact) mass is 421 g/mol. The number of benzene rings is 2. The van der Waals surface area contributed by atoms with E-state index in [1.54, 1.807) is 15.7 Å². The lowest BCUT2D eigenvalue weighted by Gasteiger charge is -2.31. The van der Waals surface area contributed by atoms with Crippen molar-refractivity contribution in [2.75, 3.05) is 17.8 Å². The van der Waals surface area contributed by atoms with E-state index in [0.717, 1.165) is 5.56 Å². The minimum Gasteiger partial charge on any atom is -0.490 e. The summed E-state index contributed by atoms with van der Waals surface area (Å²) in [6.07, 6.45) is 2.91. The van der Waals surface area contributed by atoms with Gasteiger partial charge in [0.05, 0.1) is 11.3 Å². The Morgan fingerprint density at radius 3 is 2.70 bits per heavy atom. The molecule has 0 spiro atoms. The maximum absolute atomic E-state index is 13.0. The fourth-order valence-electron chi connectivity index (χ4n) is 3.60. The highest BCUT2D eigenvalue weighted by molar-refractivity contribution is 7.98. The van der Waals surface area contributed by atoms with Crippen LogP contribution >= 0.6 is 11.8 Å². The van der Waals surface area contributed by atoms with Gasteiger partial charge in [0.15, 0.2) is 0 Å². The van der Waals surface area contributed by atoms with E-state index in [1.807, 2.05) is 54.8 Å². The molecule has 152 valence electrons. The molecule has 0 fully saturated rings. The first-order valence-electron chi connectivity index (χ1n) is 9.38. The second kappa shape index (κ2) is 8.16. The Morgan fingerprint density at radius 2 is 2.03 bits per heavy atom. The molecule has 1 atom stereocenters. The number of hydrogen-bond acceptors (Lipinski definition) is 5. The molecule has 4 rings (SSSR count). The molecule has 7 nitrogen and oxygen atoms in total. The number of anilines is 1. The minimum atomic E-state index is -0.603. The number of nitrogens with zero attached hydrogens (tertiary/aromatic N) is 3. The molecular weight excluding hydrogens is 400 g/mol. The van der Waals surface area contributed by atoms with Gasteiger partial charge in [0.1, 0.15) is 12.4 Å². The van der Waals surface area contributed by atoms with Crippen LogP contribution in [0.5, 0.6) is 5.75 Å². The highest BCUT2D eigenvalue weighted by atomic mass is 32.2. The quantitative estimate of drug-likeness (QED) is 0.389. The Bertz CT molecular complexity index is 1170. The molecule has 30 heavy (non-hydrogen) atoms. The Hall–Kier alpha value is -3.39. The molecular formula is C22H21N4O3S+. The number of para-hydroxylation sites is 1. The maximum Gasteiger partial charge on any atom is 0.325 e. The second-order valence-electron chi connectivity index (χ2n) is 6.71. The van der Waals surface area contributed by atoms with Crippen molar-refractivity contribution in [3.8, 4) is 17.0 Å². The predicted molar refractivity (Wildman–Crippen MR) is 116 cm³/mol. The number of thioether (sulfide) groups is 1. The largest absolute Gasteiger partial charge is 0.490 e. The molecule has 0 saturated carbocycles. The zero-order chi connectivity index (χ0) is 21.3. The summed E-state index contributed by atoms with van der Waals surface area (Å²) in [4.78, 5) is 30.2. The van der Waals surface area contributed by atoms with Gasteiger partial charge in [0.25, 0.3) is 6.17 Å². The van der Waals surface area contributed by atoms with Crippen molar-refractivity contribution in [3.05, 3.63) is 77.1 Å². The number of fused-ring (bicyclic) bond motifs is 3. The van der Waals surface area contributed by atoms with Crippen LogP contribution in [-0.2, 0) is 4.79 Å². The molecule has 2 heterocycles. The van der Waals surface area contributed by atoms with E-state index in [1.165, 1.54) is 18.7 Å². The Balaban J connectivity index is 1.95. The van der Waals surface area contributed by atoms with Gasteiger partial charge in [0.2, 0.25) is 11.1 Å². The number of amides is 1. The molecule has 3 aromatic rings. The number of ether oxygens (including phenoxy) is 1. The summed E-state index contributed by atoms with van der Waals surface area (Å²) in [5.41, 5.74) is 2.31. The summed E-state index contributed by atoms with van der Waals surface area (Å²) >= 11 is 1.34. The summed E-state index contributed by atoms with van der Waals surface area (Å²) in [5.74, 6) is 0.545. The van der Waals surface area contributed by atoms with E-state index in [9.17, 15) is 9.59 Å². The minimum absolute atomic E-state index is 0.148. The fraction of sp³-hybridized carbons (Fsp3) is 0.182. The van der Waals surface area contributed by atoms with Crippen molar-refractivity contribution in [1.29, 1.82) is 0 Å². The molecule has 0 bridgehead atoms. The van der Waals surface area contributed by atoms with Gasteiger partial charge in [-0.3, -0.25) is 14.6 Å². The van der Waals surface area contributed by atoms with Crippen molar-refractivity contribution < 1.29 is 14.2 Å². The molecule has 1 amide bonds. The summed E-state index contributed by atoms with van der Waals surface area (Å²) in [5, 5.41) is 5.11. The Morgan fingerprint density at radius 1 is 1.30 bits per heavy atom. The van der Waals surface area contributed by atoms with Crippen LogP contribution in [-0.4, -0.2) is 28.9 Å². The number of hydrogen-bond donors (Lipinski definition) is 1. The van der Waals surface area contributed by atoms with Crippen molar-refractivity contribution >= 4 is 23.4 Å². The van der Waals surface area contributed by atoms with Gasteiger partial charge < -0.3 is 4.74 Å². The number of H-pyrrole nitrogens is 1. The summed E-state index contributed by atoms with van der Waals surface area (Å²) in [6.45, 7) is 5.57. The molecule has 0 radical (unpaired) electrons. The molecule has 1 aliphatic heterocycles. The number of carbonyl (C=O) groups is 1. The summed E-state index contributed by atoms with van der Waals surface area (Å²) in [6, 6.07) is 14.8. The smallest absolute Gasteiger partial charge is 0.325 e. The van der Waals surface area contributed by atoms with Gasteiger partial charge in [-0.1, -0.05) is 36.5 Å². The molecule has 8 heteroatoms. The third kappa shape index (κ3) is 3.39. The lowest BCUT2D eigenvalue weighted by Crippen LogP contribution is -2.60. The average molecular weight is 422 g/mol. The van der Waals surface area contributed by atoms with Crippen LogP contribution in [0, 0.1) is 0 Å². The average Bonchev–Trinajstić information content (AvgIpc) is 2.76. The van der Waals surface area contributed by atoms with E-state index in [0.29, 0.717) is 34.5 Å². The van der Waals surface area contributed by atoms with E-state index < -0.39 is 6.17 Å². The first-order valence-corrected chi connectivity index (χ1v) is 10.6. The van der Waals surface area contributed by atoms with Gasteiger partial charge in [-0.15, -0.1) is 0 Å². The highest BCUT2D eigenvalue weighted by Crippen LogP contribution is 2.37. The lowest BCUT2D eigenvalue weighted by molar-refractivity contribution is -0.763. The lowest BCUT2D eigenvalue weighted by atomic mass is 10.0. The van der Waals surface area contributed by atoms with Crippen LogP contribution in [0.2, 0.25) is 0 Å². The third-order valence-electron chi connectivity index (χ3n) is 4.84. The number of nitrogens with one attached hydrogen (secondary N) is 1. The zero-order valence-electron chi connectivity index (χ0n) is 16.7. The number of carbonyl (C=O) groups excluding carboxylic acids is 1. The zero-order valence-corrected chi connectivity index (χ0v) is 17.5. The topological polar surface area (TPSA) is 79.2 Å². The van der Waals surface area contributed by atoms with Gasteiger partial charge in [-0.2, -0.15) is 0 Å². The van der Waals surface area contributed by atoms with Crippen LogP contribution in [0.15, 0.2) is 71.1 Å². The first-order chi connectivity index (χ1) is 14.5. The molecule has 0 aliphatic carbocycles. The van der Waals surface area contributed by atoms with Gasteiger partial charge in [-0.25, -0.2) is 4.90 Å². The number of aromatic amines is 1. The van der Waals surface area contributed by atoms with Crippen molar-refractivity contribution in [2.45, 2.75) is 18.2 Å². The third-order valence-corrected chi connectivity index (χ3v) is 5.41. The van der Waals surface area contributed by atoms with Crippen LogP contribution in [0.4, 0.5) is 5.69 Å². The van der Waals surface area contributed by atoms with E-state index in [4.69, 9.17) is 4.74 Å². The van der Waals surface area contributed by atoms with Crippen molar-refractivity contribution in [1.82, 2.24) is 10.1 Å². The first kappa shape index (κ1) is 19.9. The molecule has 0 unspecified atom stereocenters. The molecule has 0 saturated heterocycles. The van der Waals surface area contributed by atoms with E-state index in [-0.39, 0.29) is 11.5 Å². The molecule has 2 aromatic carbocycles. The maximum atomic E-state index is 13.0. The van der Waals surface area contributed by atoms with E-state index in [2.05, 4.69) is 16.7 Å². The summed E-state index contributed by atoms with van der Waals surface area (Å²) < 4.78 is 7.21. The molecule has 1 aliphatic rings.